The summed E-state index contributed by atoms with van der Waals surface area (Å²) < 4.78 is 2.09. The van der Waals surface area contributed by atoms with Crippen LogP contribution in [0.15, 0.2) is 23.7 Å². The Bertz CT molecular complexity index is 453. The molecule has 6 nitrogen and oxygen atoms in total. The molecule has 2 rings (SSSR count). The van der Waals surface area contributed by atoms with Gasteiger partial charge in [-0.3, -0.25) is 9.89 Å². The number of aliphatic imine (C=N–C) groups is 1. The Labute approximate surface area is 134 Å². The standard InChI is InChI=1S/C16H30N6/c1-13(2)22-10-14(3)15(11-22)20-16(17-4)19-6-5-8-21-9-7-18-12-21/h7,9,12-15H,5-6,8,10-11H2,1-4H3,(H2,17,19,20). The quantitative estimate of drug-likeness (QED) is 0.470. The first-order chi connectivity index (χ1) is 10.6. The Morgan fingerprint density at radius 1 is 1.41 bits per heavy atom. The molecule has 6 heteroatoms. The van der Waals surface area contributed by atoms with Gasteiger partial charge in [-0.15, -0.1) is 0 Å². The summed E-state index contributed by atoms with van der Waals surface area (Å²) in [6.07, 6.45) is 6.72. The summed E-state index contributed by atoms with van der Waals surface area (Å²) in [6, 6.07) is 1.08. The number of hydrogen-bond acceptors (Lipinski definition) is 3. The van der Waals surface area contributed by atoms with E-state index in [0.717, 1.165) is 38.6 Å². The molecule has 0 radical (unpaired) electrons. The van der Waals surface area contributed by atoms with Gasteiger partial charge in [0.05, 0.1) is 6.33 Å². The molecule has 0 bridgehead atoms. The van der Waals surface area contributed by atoms with Gasteiger partial charge in [0.15, 0.2) is 5.96 Å². The highest BCUT2D eigenvalue weighted by Gasteiger charge is 2.31. The molecule has 0 aromatic carbocycles. The molecule has 1 fully saturated rings. The first-order valence-electron chi connectivity index (χ1n) is 8.27. The zero-order valence-electron chi connectivity index (χ0n) is 14.3. The molecule has 0 saturated carbocycles. The van der Waals surface area contributed by atoms with Crippen LogP contribution in [0.2, 0.25) is 0 Å². The van der Waals surface area contributed by atoms with Crippen LogP contribution in [0.25, 0.3) is 0 Å². The molecule has 1 aliphatic heterocycles. The van der Waals surface area contributed by atoms with Gasteiger partial charge in [0, 0.05) is 57.7 Å². The fourth-order valence-corrected chi connectivity index (χ4v) is 2.87. The summed E-state index contributed by atoms with van der Waals surface area (Å²) in [7, 11) is 1.84. The number of aromatic nitrogens is 2. The van der Waals surface area contributed by atoms with Gasteiger partial charge in [-0.25, -0.2) is 4.98 Å². The van der Waals surface area contributed by atoms with Gasteiger partial charge in [0.25, 0.3) is 0 Å². The molecule has 1 aromatic rings. The van der Waals surface area contributed by atoms with E-state index < -0.39 is 0 Å². The zero-order chi connectivity index (χ0) is 15.9. The Hall–Kier alpha value is -1.56. The molecular weight excluding hydrogens is 276 g/mol. The third-order valence-electron chi connectivity index (χ3n) is 4.36. The molecule has 1 aliphatic rings. The first kappa shape index (κ1) is 16.8. The van der Waals surface area contributed by atoms with Crippen LogP contribution in [0, 0.1) is 5.92 Å². The van der Waals surface area contributed by atoms with Gasteiger partial charge in [-0.2, -0.15) is 0 Å². The number of likely N-dealkylation sites (tertiary alicyclic amines) is 1. The molecule has 2 atom stereocenters. The minimum atomic E-state index is 0.474. The SMILES string of the molecule is CN=C(NCCCn1ccnc1)NC1CN(C(C)C)CC1C. The van der Waals surface area contributed by atoms with E-state index in [1.165, 1.54) is 0 Å². The summed E-state index contributed by atoms with van der Waals surface area (Å²) >= 11 is 0. The summed E-state index contributed by atoms with van der Waals surface area (Å²) in [4.78, 5) is 10.9. The van der Waals surface area contributed by atoms with E-state index in [4.69, 9.17) is 0 Å². The van der Waals surface area contributed by atoms with Crippen LogP contribution in [0.1, 0.15) is 27.2 Å². The van der Waals surface area contributed by atoms with E-state index in [-0.39, 0.29) is 0 Å². The molecular formula is C16H30N6. The number of aryl methyl sites for hydroxylation is 1. The van der Waals surface area contributed by atoms with Crippen LogP contribution in [0.5, 0.6) is 0 Å². The van der Waals surface area contributed by atoms with Crippen LogP contribution in [0.3, 0.4) is 0 Å². The van der Waals surface area contributed by atoms with Gasteiger partial charge in [-0.1, -0.05) is 6.92 Å². The molecule has 2 heterocycles. The maximum Gasteiger partial charge on any atom is 0.191 e. The highest BCUT2D eigenvalue weighted by atomic mass is 15.3. The molecule has 0 aliphatic carbocycles. The van der Waals surface area contributed by atoms with E-state index in [0.29, 0.717) is 18.0 Å². The number of guanidine groups is 1. The number of rotatable bonds is 6. The van der Waals surface area contributed by atoms with Crippen molar-refractivity contribution in [2.75, 3.05) is 26.7 Å². The van der Waals surface area contributed by atoms with Crippen LogP contribution in [-0.2, 0) is 6.54 Å². The second kappa shape index (κ2) is 8.17. The fraction of sp³-hybridized carbons (Fsp3) is 0.750. The predicted molar refractivity (Wildman–Crippen MR) is 91.0 cm³/mol. The van der Waals surface area contributed by atoms with Crippen molar-refractivity contribution in [3.63, 3.8) is 0 Å². The third-order valence-corrected chi connectivity index (χ3v) is 4.36. The van der Waals surface area contributed by atoms with E-state index in [2.05, 4.69) is 50.8 Å². The van der Waals surface area contributed by atoms with Crippen molar-refractivity contribution in [1.29, 1.82) is 0 Å². The average molecular weight is 306 g/mol. The summed E-state index contributed by atoms with van der Waals surface area (Å²) in [5.41, 5.74) is 0. The molecule has 2 unspecified atom stereocenters. The van der Waals surface area contributed by atoms with Crippen LogP contribution in [-0.4, -0.2) is 59.2 Å². The lowest BCUT2D eigenvalue weighted by atomic mass is 10.1. The van der Waals surface area contributed by atoms with Gasteiger partial charge in [-0.05, 0) is 26.2 Å². The maximum atomic E-state index is 4.35. The van der Waals surface area contributed by atoms with E-state index in [9.17, 15) is 0 Å². The first-order valence-corrected chi connectivity index (χ1v) is 8.27. The summed E-state index contributed by atoms with van der Waals surface area (Å²) in [5.74, 6) is 1.56. The monoisotopic (exact) mass is 306 g/mol. The van der Waals surface area contributed by atoms with Crippen molar-refractivity contribution >= 4 is 5.96 Å². The molecule has 124 valence electrons. The van der Waals surface area contributed by atoms with Crippen LogP contribution >= 0.6 is 0 Å². The summed E-state index contributed by atoms with van der Waals surface area (Å²) in [6.45, 7) is 11.0. The van der Waals surface area contributed by atoms with Crippen LogP contribution in [0.4, 0.5) is 0 Å². The van der Waals surface area contributed by atoms with Gasteiger partial charge < -0.3 is 15.2 Å². The van der Waals surface area contributed by atoms with Crippen molar-refractivity contribution in [1.82, 2.24) is 25.1 Å². The minimum absolute atomic E-state index is 0.474. The molecule has 2 N–H and O–H groups in total. The largest absolute Gasteiger partial charge is 0.356 e. The van der Waals surface area contributed by atoms with Gasteiger partial charge in [0.1, 0.15) is 0 Å². The maximum absolute atomic E-state index is 4.35. The van der Waals surface area contributed by atoms with Crippen LogP contribution < -0.4 is 10.6 Å². The van der Waals surface area contributed by atoms with E-state index >= 15 is 0 Å². The minimum Gasteiger partial charge on any atom is -0.356 e. The molecule has 1 saturated heterocycles. The molecule has 1 aromatic heterocycles. The number of nitrogens with one attached hydrogen (secondary N) is 2. The van der Waals surface area contributed by atoms with Crippen molar-refractivity contribution in [2.24, 2.45) is 10.9 Å². The van der Waals surface area contributed by atoms with E-state index in [1.807, 2.05) is 25.8 Å². The molecule has 0 spiro atoms. The van der Waals surface area contributed by atoms with E-state index in [1.54, 1.807) is 0 Å². The second-order valence-corrected chi connectivity index (χ2v) is 6.43. The number of imidazole rings is 1. The summed E-state index contributed by atoms with van der Waals surface area (Å²) in [5, 5.41) is 6.98. The highest BCUT2D eigenvalue weighted by Crippen LogP contribution is 2.18. The lowest BCUT2D eigenvalue weighted by Gasteiger charge is -2.22. The predicted octanol–water partition coefficient (Wildman–Crippen LogP) is 1.17. The second-order valence-electron chi connectivity index (χ2n) is 6.43. The lowest BCUT2D eigenvalue weighted by molar-refractivity contribution is 0.265. The van der Waals surface area contributed by atoms with Crippen molar-refractivity contribution in [2.45, 2.75) is 45.8 Å². The molecule has 22 heavy (non-hydrogen) atoms. The Kier molecular flexibility index (Phi) is 6.24. The lowest BCUT2D eigenvalue weighted by Crippen LogP contribution is -2.47. The average Bonchev–Trinajstić information content (AvgIpc) is 3.12. The zero-order valence-corrected chi connectivity index (χ0v) is 14.3. The molecule has 0 amide bonds. The van der Waals surface area contributed by atoms with Gasteiger partial charge in [0.2, 0.25) is 0 Å². The third kappa shape index (κ3) is 4.73. The Morgan fingerprint density at radius 2 is 2.23 bits per heavy atom. The number of nitrogens with zero attached hydrogens (tertiary/aromatic N) is 4. The smallest absolute Gasteiger partial charge is 0.191 e. The van der Waals surface area contributed by atoms with Gasteiger partial charge >= 0.3 is 0 Å². The Balaban J connectivity index is 1.71. The normalized spacial score (nSPS) is 23.2. The Morgan fingerprint density at radius 3 is 2.82 bits per heavy atom. The van der Waals surface area contributed by atoms with Crippen molar-refractivity contribution < 1.29 is 0 Å². The fourth-order valence-electron chi connectivity index (χ4n) is 2.87. The number of hydrogen-bond donors (Lipinski definition) is 2. The topological polar surface area (TPSA) is 57.5 Å². The van der Waals surface area contributed by atoms with Crippen molar-refractivity contribution in [3.05, 3.63) is 18.7 Å². The highest BCUT2D eigenvalue weighted by molar-refractivity contribution is 5.80. The van der Waals surface area contributed by atoms with Crippen molar-refractivity contribution in [3.8, 4) is 0 Å².